The smallest absolute Gasteiger partial charge is 0.0821 e. The van der Waals surface area contributed by atoms with Crippen molar-refractivity contribution in [3.8, 4) is 0 Å². The van der Waals surface area contributed by atoms with Gasteiger partial charge in [-0.05, 0) is 33.2 Å². The highest BCUT2D eigenvalue weighted by Gasteiger charge is 2.30. The summed E-state index contributed by atoms with van der Waals surface area (Å²) in [5, 5.41) is 8.89. The van der Waals surface area contributed by atoms with E-state index in [1.807, 2.05) is 0 Å². The Morgan fingerprint density at radius 1 is 1.44 bits per heavy atom. The Morgan fingerprint density at radius 2 is 2.17 bits per heavy atom. The van der Waals surface area contributed by atoms with Crippen molar-refractivity contribution >= 4 is 11.6 Å². The van der Waals surface area contributed by atoms with Gasteiger partial charge in [0.25, 0.3) is 0 Å². The third kappa shape index (κ3) is 2.72. The van der Waals surface area contributed by atoms with E-state index in [0.29, 0.717) is 18.0 Å². The van der Waals surface area contributed by atoms with Crippen molar-refractivity contribution in [2.24, 2.45) is 0 Å². The van der Waals surface area contributed by atoms with Gasteiger partial charge in [-0.2, -0.15) is 5.10 Å². The van der Waals surface area contributed by atoms with Crippen LogP contribution in [-0.2, 0) is 0 Å². The number of rotatable bonds is 4. The lowest BCUT2D eigenvalue weighted by atomic mass is 9.82. The lowest BCUT2D eigenvalue weighted by Crippen LogP contribution is -2.38. The van der Waals surface area contributed by atoms with Crippen LogP contribution in [0.25, 0.3) is 0 Å². The van der Waals surface area contributed by atoms with Gasteiger partial charge in [-0.1, -0.05) is 31.4 Å². The standard InChI is InChI=1S/C14H24ClN3/c1-4-16-13-8-6-5-7-11(13)14-12(15)9-17-18(14)10(2)3/h9-11,13,16H,4-8H2,1-3H3. The minimum absolute atomic E-state index is 0.372. The van der Waals surface area contributed by atoms with Crippen LogP contribution in [0.5, 0.6) is 0 Å². The van der Waals surface area contributed by atoms with E-state index in [1.165, 1.54) is 31.4 Å². The molecule has 1 saturated carbocycles. The molecule has 1 aliphatic carbocycles. The van der Waals surface area contributed by atoms with Crippen LogP contribution in [0.4, 0.5) is 0 Å². The average Bonchev–Trinajstić information content (AvgIpc) is 2.72. The zero-order valence-corrected chi connectivity index (χ0v) is 12.4. The van der Waals surface area contributed by atoms with Crippen molar-refractivity contribution < 1.29 is 0 Å². The second kappa shape index (κ2) is 6.07. The fraction of sp³-hybridized carbons (Fsp3) is 0.786. The molecule has 0 saturated heterocycles. The van der Waals surface area contributed by atoms with Crippen molar-refractivity contribution in [1.29, 1.82) is 0 Å². The van der Waals surface area contributed by atoms with E-state index in [1.54, 1.807) is 6.20 Å². The van der Waals surface area contributed by atoms with Crippen LogP contribution >= 0.6 is 11.6 Å². The summed E-state index contributed by atoms with van der Waals surface area (Å²) >= 11 is 6.38. The van der Waals surface area contributed by atoms with Gasteiger partial charge in [0.1, 0.15) is 0 Å². The van der Waals surface area contributed by atoms with Crippen LogP contribution in [0.1, 0.15) is 64.1 Å². The van der Waals surface area contributed by atoms with Crippen molar-refractivity contribution in [3.63, 3.8) is 0 Å². The molecule has 1 aromatic heterocycles. The molecule has 1 heterocycles. The molecule has 2 unspecified atom stereocenters. The largest absolute Gasteiger partial charge is 0.314 e. The number of hydrogen-bond donors (Lipinski definition) is 1. The molecular formula is C14H24ClN3. The summed E-state index contributed by atoms with van der Waals surface area (Å²) < 4.78 is 2.10. The Bertz CT molecular complexity index is 384. The molecule has 1 N–H and O–H groups in total. The topological polar surface area (TPSA) is 29.9 Å². The zero-order valence-electron chi connectivity index (χ0n) is 11.6. The highest BCUT2D eigenvalue weighted by molar-refractivity contribution is 6.31. The molecule has 1 aromatic rings. The van der Waals surface area contributed by atoms with Gasteiger partial charge < -0.3 is 5.32 Å². The van der Waals surface area contributed by atoms with Crippen LogP contribution in [-0.4, -0.2) is 22.4 Å². The van der Waals surface area contributed by atoms with E-state index in [2.05, 4.69) is 35.9 Å². The zero-order chi connectivity index (χ0) is 13.1. The number of hydrogen-bond acceptors (Lipinski definition) is 2. The SMILES string of the molecule is CCNC1CCCCC1c1c(Cl)cnn1C(C)C. The maximum absolute atomic E-state index is 6.38. The second-order valence-electron chi connectivity index (χ2n) is 5.47. The Kier molecular flexibility index (Phi) is 4.68. The van der Waals surface area contributed by atoms with Crippen molar-refractivity contribution in [3.05, 3.63) is 16.9 Å². The van der Waals surface area contributed by atoms with Crippen molar-refractivity contribution in [2.75, 3.05) is 6.54 Å². The Balaban J connectivity index is 2.30. The van der Waals surface area contributed by atoms with Gasteiger partial charge in [0, 0.05) is 18.0 Å². The van der Waals surface area contributed by atoms with Crippen LogP contribution in [0.2, 0.25) is 5.02 Å². The second-order valence-corrected chi connectivity index (χ2v) is 5.88. The maximum Gasteiger partial charge on any atom is 0.0821 e. The fourth-order valence-electron chi connectivity index (χ4n) is 3.07. The van der Waals surface area contributed by atoms with E-state index in [9.17, 15) is 0 Å². The highest BCUT2D eigenvalue weighted by atomic mass is 35.5. The molecular weight excluding hydrogens is 246 g/mol. The van der Waals surface area contributed by atoms with Crippen LogP contribution < -0.4 is 5.32 Å². The van der Waals surface area contributed by atoms with Gasteiger partial charge in [-0.15, -0.1) is 0 Å². The minimum atomic E-state index is 0.372. The molecule has 0 amide bonds. The number of halogens is 1. The van der Waals surface area contributed by atoms with Gasteiger partial charge in [-0.3, -0.25) is 4.68 Å². The van der Waals surface area contributed by atoms with E-state index >= 15 is 0 Å². The van der Waals surface area contributed by atoms with E-state index < -0.39 is 0 Å². The first-order valence-electron chi connectivity index (χ1n) is 7.11. The molecule has 0 aliphatic heterocycles. The minimum Gasteiger partial charge on any atom is -0.314 e. The van der Waals surface area contributed by atoms with Gasteiger partial charge in [0.2, 0.25) is 0 Å². The molecule has 0 radical (unpaired) electrons. The fourth-order valence-corrected chi connectivity index (χ4v) is 3.34. The first kappa shape index (κ1) is 13.9. The summed E-state index contributed by atoms with van der Waals surface area (Å²) in [7, 11) is 0. The van der Waals surface area contributed by atoms with Crippen molar-refractivity contribution in [1.82, 2.24) is 15.1 Å². The first-order chi connectivity index (χ1) is 8.65. The van der Waals surface area contributed by atoms with Crippen molar-refractivity contribution in [2.45, 2.75) is 64.5 Å². The van der Waals surface area contributed by atoms with E-state index in [4.69, 9.17) is 11.6 Å². The summed E-state index contributed by atoms with van der Waals surface area (Å²) in [6, 6.07) is 0.923. The molecule has 0 aromatic carbocycles. The maximum atomic E-state index is 6.38. The molecule has 0 bridgehead atoms. The third-order valence-electron chi connectivity index (χ3n) is 3.86. The van der Waals surface area contributed by atoms with Crippen LogP contribution in [0.15, 0.2) is 6.20 Å². The Hall–Kier alpha value is -0.540. The predicted octanol–water partition coefficient (Wildman–Crippen LogP) is 3.75. The third-order valence-corrected chi connectivity index (χ3v) is 4.15. The number of nitrogens with one attached hydrogen (secondary N) is 1. The van der Waals surface area contributed by atoms with Gasteiger partial charge >= 0.3 is 0 Å². The average molecular weight is 270 g/mol. The summed E-state index contributed by atoms with van der Waals surface area (Å²) in [5.74, 6) is 0.510. The summed E-state index contributed by atoms with van der Waals surface area (Å²) in [6.07, 6.45) is 6.89. The summed E-state index contributed by atoms with van der Waals surface area (Å²) in [4.78, 5) is 0. The lowest BCUT2D eigenvalue weighted by Gasteiger charge is -2.33. The number of likely N-dealkylation sites (N-methyl/N-ethyl adjacent to an activating group) is 1. The molecule has 1 aliphatic rings. The lowest BCUT2D eigenvalue weighted by molar-refractivity contribution is 0.314. The Labute approximate surface area is 115 Å². The normalized spacial score (nSPS) is 24.7. The summed E-state index contributed by atoms with van der Waals surface area (Å²) in [5.41, 5.74) is 1.23. The van der Waals surface area contributed by atoms with Gasteiger partial charge in [0.15, 0.2) is 0 Å². The molecule has 1 fully saturated rings. The summed E-state index contributed by atoms with van der Waals surface area (Å²) in [6.45, 7) is 7.53. The van der Waals surface area contributed by atoms with Gasteiger partial charge in [0.05, 0.1) is 16.9 Å². The first-order valence-corrected chi connectivity index (χ1v) is 7.49. The Morgan fingerprint density at radius 3 is 2.83 bits per heavy atom. The number of nitrogens with zero attached hydrogens (tertiary/aromatic N) is 2. The molecule has 3 nitrogen and oxygen atoms in total. The highest BCUT2D eigenvalue weighted by Crippen LogP contribution is 2.37. The molecule has 102 valence electrons. The van der Waals surface area contributed by atoms with Crippen LogP contribution in [0.3, 0.4) is 0 Å². The molecule has 18 heavy (non-hydrogen) atoms. The quantitative estimate of drug-likeness (QED) is 0.902. The molecule has 2 rings (SSSR count). The van der Waals surface area contributed by atoms with E-state index in [0.717, 1.165) is 11.6 Å². The monoisotopic (exact) mass is 269 g/mol. The molecule has 4 heteroatoms. The van der Waals surface area contributed by atoms with Crippen LogP contribution in [0, 0.1) is 0 Å². The molecule has 0 spiro atoms. The van der Waals surface area contributed by atoms with Gasteiger partial charge in [-0.25, -0.2) is 0 Å². The van der Waals surface area contributed by atoms with E-state index in [-0.39, 0.29) is 0 Å². The molecule has 2 atom stereocenters. The number of aromatic nitrogens is 2. The predicted molar refractivity (Wildman–Crippen MR) is 76.3 cm³/mol.